The highest BCUT2D eigenvalue weighted by Gasteiger charge is 2.12. The first-order chi connectivity index (χ1) is 13.9. The number of carboxylic acids is 1. The lowest BCUT2D eigenvalue weighted by molar-refractivity contribution is -0.112. The summed E-state index contributed by atoms with van der Waals surface area (Å²) in [6.07, 6.45) is 3.22. The largest absolute Gasteiger partial charge is 0.478 e. The van der Waals surface area contributed by atoms with Gasteiger partial charge in [0.05, 0.1) is 5.56 Å². The number of nitrogens with zero attached hydrogens (tertiary/aromatic N) is 2. The summed E-state index contributed by atoms with van der Waals surface area (Å²) >= 11 is 0. The Labute approximate surface area is 168 Å². The van der Waals surface area contributed by atoms with Crippen LogP contribution in [0.3, 0.4) is 0 Å². The van der Waals surface area contributed by atoms with Crippen molar-refractivity contribution in [3.8, 4) is 11.8 Å². The van der Waals surface area contributed by atoms with E-state index >= 15 is 0 Å². The number of anilines is 1. The average molecular weight is 385 g/mol. The molecule has 2 aromatic carbocycles. The van der Waals surface area contributed by atoms with Crippen molar-refractivity contribution in [2.24, 2.45) is 0 Å². The Hall–Kier alpha value is -4.11. The molecule has 144 valence electrons. The lowest BCUT2D eigenvalue weighted by Crippen LogP contribution is -2.14. The summed E-state index contributed by atoms with van der Waals surface area (Å²) in [5.41, 5.74) is 3.94. The third-order valence-corrected chi connectivity index (χ3v) is 4.29. The Bertz CT molecular complexity index is 1150. The Morgan fingerprint density at radius 1 is 1.07 bits per heavy atom. The van der Waals surface area contributed by atoms with Crippen LogP contribution in [0, 0.1) is 25.2 Å². The topological polar surface area (TPSA) is 95.1 Å². The van der Waals surface area contributed by atoms with Crippen molar-refractivity contribution in [3.63, 3.8) is 0 Å². The van der Waals surface area contributed by atoms with Gasteiger partial charge in [-0.15, -0.1) is 0 Å². The number of amides is 1. The third kappa shape index (κ3) is 4.60. The molecular weight excluding hydrogens is 366 g/mol. The van der Waals surface area contributed by atoms with Gasteiger partial charge in [-0.2, -0.15) is 5.26 Å². The second kappa shape index (κ2) is 8.28. The zero-order valence-electron chi connectivity index (χ0n) is 16.0. The first kappa shape index (κ1) is 19.6. The van der Waals surface area contributed by atoms with Crippen molar-refractivity contribution in [1.29, 1.82) is 5.26 Å². The van der Waals surface area contributed by atoms with Crippen LogP contribution in [0.1, 0.15) is 27.2 Å². The highest BCUT2D eigenvalue weighted by Crippen LogP contribution is 2.19. The van der Waals surface area contributed by atoms with Crippen molar-refractivity contribution in [1.82, 2.24) is 4.57 Å². The maximum Gasteiger partial charge on any atom is 0.335 e. The number of carbonyl (C=O) groups is 2. The summed E-state index contributed by atoms with van der Waals surface area (Å²) in [6, 6.07) is 17.5. The molecule has 3 aromatic rings. The number of rotatable bonds is 5. The van der Waals surface area contributed by atoms with E-state index in [0.717, 1.165) is 11.1 Å². The number of hydrogen-bond donors (Lipinski definition) is 2. The van der Waals surface area contributed by atoms with Gasteiger partial charge in [-0.3, -0.25) is 4.79 Å². The molecule has 6 nitrogen and oxygen atoms in total. The van der Waals surface area contributed by atoms with Crippen LogP contribution in [-0.4, -0.2) is 21.6 Å². The molecule has 0 atom stereocenters. The van der Waals surface area contributed by atoms with Crippen molar-refractivity contribution >= 4 is 23.6 Å². The molecule has 0 fully saturated rings. The molecule has 1 heterocycles. The molecule has 0 bridgehead atoms. The SMILES string of the molecule is Cc1cc(C)cc(NC(=O)C(C#N)=Cc2cccn2-c2cccc(C(=O)O)c2)c1. The predicted molar refractivity (Wildman–Crippen MR) is 111 cm³/mol. The number of aryl methyl sites for hydroxylation is 2. The number of nitrogens with one attached hydrogen (secondary N) is 1. The first-order valence-electron chi connectivity index (χ1n) is 8.90. The van der Waals surface area contributed by atoms with Crippen molar-refractivity contribution in [2.45, 2.75) is 13.8 Å². The molecule has 6 heteroatoms. The minimum Gasteiger partial charge on any atom is -0.478 e. The molecule has 29 heavy (non-hydrogen) atoms. The minimum atomic E-state index is -1.03. The van der Waals surface area contributed by atoms with Gasteiger partial charge in [-0.25, -0.2) is 4.79 Å². The fourth-order valence-electron chi connectivity index (χ4n) is 3.08. The fraction of sp³-hybridized carbons (Fsp3) is 0.0870. The van der Waals surface area contributed by atoms with E-state index in [4.69, 9.17) is 0 Å². The smallest absolute Gasteiger partial charge is 0.335 e. The monoisotopic (exact) mass is 385 g/mol. The van der Waals surface area contributed by atoms with Crippen LogP contribution in [-0.2, 0) is 4.79 Å². The van der Waals surface area contributed by atoms with Crippen LogP contribution in [0.2, 0.25) is 0 Å². The first-order valence-corrected chi connectivity index (χ1v) is 8.90. The zero-order chi connectivity index (χ0) is 21.0. The molecule has 0 unspecified atom stereocenters. The van der Waals surface area contributed by atoms with Gasteiger partial charge < -0.3 is 15.0 Å². The summed E-state index contributed by atoms with van der Waals surface area (Å²) in [5, 5.41) is 21.4. The van der Waals surface area contributed by atoms with Crippen LogP contribution in [0.25, 0.3) is 11.8 Å². The van der Waals surface area contributed by atoms with Gasteiger partial charge in [0.15, 0.2) is 0 Å². The molecule has 0 aliphatic rings. The summed E-state index contributed by atoms with van der Waals surface area (Å²) < 4.78 is 1.72. The molecule has 1 amide bonds. The molecule has 1 aromatic heterocycles. The van der Waals surface area contributed by atoms with Gasteiger partial charge in [0.1, 0.15) is 11.6 Å². The molecule has 3 rings (SSSR count). The lowest BCUT2D eigenvalue weighted by atomic mass is 10.1. The molecule has 0 radical (unpaired) electrons. The Kier molecular flexibility index (Phi) is 5.61. The summed E-state index contributed by atoms with van der Waals surface area (Å²) in [5.74, 6) is -1.54. The molecular formula is C23H19N3O3. The fourth-order valence-corrected chi connectivity index (χ4v) is 3.08. The van der Waals surface area contributed by atoms with Crippen LogP contribution in [0.4, 0.5) is 5.69 Å². The Morgan fingerprint density at radius 3 is 2.45 bits per heavy atom. The molecule has 0 aliphatic carbocycles. The number of carboxylic acid groups (broad SMARTS) is 1. The molecule has 0 saturated carbocycles. The molecule has 0 saturated heterocycles. The van der Waals surface area contributed by atoms with Crippen molar-refractivity contribution in [3.05, 3.63) is 88.8 Å². The number of carbonyl (C=O) groups excluding carboxylic acids is 1. The highest BCUT2D eigenvalue weighted by molar-refractivity contribution is 6.09. The van der Waals surface area contributed by atoms with Crippen molar-refractivity contribution < 1.29 is 14.7 Å². The zero-order valence-corrected chi connectivity index (χ0v) is 16.0. The van der Waals surface area contributed by atoms with Gasteiger partial charge in [0, 0.05) is 23.3 Å². The van der Waals surface area contributed by atoms with E-state index in [1.165, 1.54) is 18.2 Å². The number of benzene rings is 2. The van der Waals surface area contributed by atoms with Crippen LogP contribution in [0.5, 0.6) is 0 Å². The van der Waals surface area contributed by atoms with E-state index in [-0.39, 0.29) is 11.1 Å². The third-order valence-electron chi connectivity index (χ3n) is 4.29. The van der Waals surface area contributed by atoms with Gasteiger partial charge in [0.25, 0.3) is 5.91 Å². The van der Waals surface area contributed by atoms with Gasteiger partial charge in [0.2, 0.25) is 0 Å². The van der Waals surface area contributed by atoms with E-state index in [9.17, 15) is 20.0 Å². The number of aromatic nitrogens is 1. The second-order valence-corrected chi connectivity index (χ2v) is 6.66. The van der Waals surface area contributed by atoms with Crippen molar-refractivity contribution in [2.75, 3.05) is 5.32 Å². The van der Waals surface area contributed by atoms with E-state index < -0.39 is 11.9 Å². The quantitative estimate of drug-likeness (QED) is 0.504. The van der Waals surface area contributed by atoms with E-state index in [1.54, 1.807) is 35.0 Å². The second-order valence-electron chi connectivity index (χ2n) is 6.66. The molecule has 0 spiro atoms. The molecule has 0 aliphatic heterocycles. The van der Waals surface area contributed by atoms with Gasteiger partial charge in [-0.05, 0) is 73.5 Å². The van der Waals surface area contributed by atoms with E-state index in [0.29, 0.717) is 17.1 Å². The summed E-state index contributed by atoms with van der Waals surface area (Å²) in [6.45, 7) is 3.86. The standard InChI is InChI=1S/C23H19N3O3/c1-15-9-16(2)11-19(10-15)25-22(27)18(14-24)13-21-7-4-8-26(21)20-6-3-5-17(12-20)23(28)29/h3-13H,1-2H3,(H,25,27)(H,28,29). The maximum absolute atomic E-state index is 12.6. The van der Waals surface area contributed by atoms with Crippen LogP contribution >= 0.6 is 0 Å². The average Bonchev–Trinajstić information content (AvgIpc) is 3.13. The Morgan fingerprint density at radius 2 is 1.79 bits per heavy atom. The number of hydrogen-bond acceptors (Lipinski definition) is 3. The molecule has 2 N–H and O–H groups in total. The van der Waals surface area contributed by atoms with E-state index in [2.05, 4.69) is 5.32 Å². The number of aromatic carboxylic acids is 1. The summed E-state index contributed by atoms with van der Waals surface area (Å²) in [7, 11) is 0. The predicted octanol–water partition coefficient (Wildman–Crippen LogP) is 4.34. The summed E-state index contributed by atoms with van der Waals surface area (Å²) in [4.78, 5) is 23.8. The van der Waals surface area contributed by atoms with Gasteiger partial charge in [-0.1, -0.05) is 12.1 Å². The van der Waals surface area contributed by atoms with Crippen LogP contribution in [0.15, 0.2) is 66.4 Å². The lowest BCUT2D eigenvalue weighted by Gasteiger charge is -2.09. The minimum absolute atomic E-state index is 0.0569. The highest BCUT2D eigenvalue weighted by atomic mass is 16.4. The van der Waals surface area contributed by atoms with Crippen LogP contribution < -0.4 is 5.32 Å². The normalized spacial score (nSPS) is 11.0. The maximum atomic E-state index is 12.6. The Balaban J connectivity index is 1.92. The van der Waals surface area contributed by atoms with Gasteiger partial charge >= 0.3 is 5.97 Å². The van der Waals surface area contributed by atoms with E-state index in [1.807, 2.05) is 38.1 Å². The number of nitriles is 1.